The van der Waals surface area contributed by atoms with Gasteiger partial charge in [0.15, 0.2) is 0 Å². The van der Waals surface area contributed by atoms with Gasteiger partial charge < -0.3 is 29.0 Å². The summed E-state index contributed by atoms with van der Waals surface area (Å²) in [5, 5.41) is 2.89. The molecule has 1 N–H and O–H groups in total. The number of methoxy groups -OCH3 is 1. The van der Waals surface area contributed by atoms with Crippen molar-refractivity contribution in [2.75, 3.05) is 58.4 Å². The predicted molar refractivity (Wildman–Crippen MR) is 145 cm³/mol. The lowest BCUT2D eigenvalue weighted by atomic mass is 10.2. The van der Waals surface area contributed by atoms with Gasteiger partial charge in [0, 0.05) is 44.5 Å². The largest absolute Gasteiger partial charge is 0.497 e. The van der Waals surface area contributed by atoms with Crippen molar-refractivity contribution < 1.29 is 27.9 Å². The number of anilines is 1. The van der Waals surface area contributed by atoms with Gasteiger partial charge in [-0.05, 0) is 48.4 Å². The second-order valence-electron chi connectivity index (χ2n) is 9.35. The summed E-state index contributed by atoms with van der Waals surface area (Å²) in [6.07, 6.45) is 2.25. The quantitative estimate of drug-likeness (QED) is 0.372. The molecular weight excluding hydrogens is 503 g/mol. The number of carbonyl (C=O) groups excluding carboxylic acids is 2. The highest BCUT2D eigenvalue weighted by atomic mass is 19.1. The van der Waals surface area contributed by atoms with E-state index in [1.54, 1.807) is 66.8 Å². The van der Waals surface area contributed by atoms with Crippen LogP contribution >= 0.6 is 0 Å². The molecule has 2 heterocycles. The molecule has 0 aliphatic carbocycles. The fourth-order valence-electron chi connectivity index (χ4n) is 4.36. The predicted octanol–water partition coefficient (Wildman–Crippen LogP) is 4.21. The maximum atomic E-state index is 13.6. The topological polar surface area (TPSA) is 87.5 Å². The Kier molecular flexibility index (Phi) is 10.3. The Labute approximate surface area is 228 Å². The monoisotopic (exact) mass is 538 g/mol. The van der Waals surface area contributed by atoms with Crippen LogP contribution in [0.2, 0.25) is 0 Å². The normalized spacial score (nSPS) is 13.6. The summed E-state index contributed by atoms with van der Waals surface area (Å²) in [4.78, 5) is 32.4. The van der Waals surface area contributed by atoms with E-state index in [4.69, 9.17) is 13.9 Å². The summed E-state index contributed by atoms with van der Waals surface area (Å²) >= 11 is 0. The van der Waals surface area contributed by atoms with Crippen LogP contribution in [0.4, 0.5) is 14.9 Å². The highest BCUT2D eigenvalue weighted by molar-refractivity contribution is 5.92. The van der Waals surface area contributed by atoms with E-state index in [1.807, 2.05) is 0 Å². The molecule has 1 aliphatic rings. The van der Waals surface area contributed by atoms with Crippen LogP contribution < -0.4 is 10.1 Å². The first-order valence-electron chi connectivity index (χ1n) is 13.0. The summed E-state index contributed by atoms with van der Waals surface area (Å²) < 4.78 is 29.6. The molecule has 10 heteroatoms. The lowest BCUT2D eigenvalue weighted by molar-refractivity contribution is -0.133. The molecule has 3 aromatic rings. The number of hydrogen-bond acceptors (Lipinski definition) is 6. The number of hydrogen-bond donors (Lipinski definition) is 1. The van der Waals surface area contributed by atoms with Gasteiger partial charge in [-0.3, -0.25) is 9.69 Å². The molecule has 9 nitrogen and oxygen atoms in total. The van der Waals surface area contributed by atoms with Crippen molar-refractivity contribution >= 4 is 17.6 Å². The Balaban J connectivity index is 1.47. The molecule has 3 amide bonds. The molecule has 2 aromatic carbocycles. The molecule has 0 radical (unpaired) electrons. The molecule has 1 aromatic heterocycles. The van der Waals surface area contributed by atoms with Gasteiger partial charge in [0.05, 0.1) is 33.1 Å². The van der Waals surface area contributed by atoms with Gasteiger partial charge in [-0.15, -0.1) is 0 Å². The number of nitrogens with one attached hydrogen (secondary N) is 1. The van der Waals surface area contributed by atoms with E-state index in [2.05, 4.69) is 10.2 Å². The van der Waals surface area contributed by atoms with E-state index in [1.165, 1.54) is 17.0 Å². The van der Waals surface area contributed by atoms with E-state index in [-0.39, 0.29) is 37.4 Å². The highest BCUT2D eigenvalue weighted by Gasteiger charge is 2.23. The van der Waals surface area contributed by atoms with E-state index in [0.29, 0.717) is 43.4 Å². The zero-order valence-corrected chi connectivity index (χ0v) is 22.2. The van der Waals surface area contributed by atoms with Gasteiger partial charge in [0.1, 0.15) is 23.9 Å². The van der Waals surface area contributed by atoms with Crippen molar-refractivity contribution in [3.05, 3.63) is 84.1 Å². The first-order chi connectivity index (χ1) is 19.0. The third-order valence-corrected chi connectivity index (χ3v) is 6.51. The van der Waals surface area contributed by atoms with Crippen molar-refractivity contribution in [1.29, 1.82) is 0 Å². The Morgan fingerprint density at radius 3 is 2.54 bits per heavy atom. The Morgan fingerprint density at radius 1 is 1.03 bits per heavy atom. The second-order valence-corrected chi connectivity index (χ2v) is 9.35. The van der Waals surface area contributed by atoms with Gasteiger partial charge in [-0.1, -0.05) is 18.2 Å². The Bertz CT molecular complexity index is 1180. The average molecular weight is 539 g/mol. The van der Waals surface area contributed by atoms with E-state index >= 15 is 0 Å². The summed E-state index contributed by atoms with van der Waals surface area (Å²) in [6, 6.07) is 16.3. The summed E-state index contributed by atoms with van der Waals surface area (Å²) in [5.41, 5.74) is 1.35. The number of urea groups is 1. The average Bonchev–Trinajstić information content (AvgIpc) is 3.47. The lowest BCUT2D eigenvalue weighted by Gasteiger charge is -2.30. The minimum Gasteiger partial charge on any atom is -0.497 e. The minimum absolute atomic E-state index is 0.124. The number of ether oxygens (including phenoxy) is 2. The van der Waals surface area contributed by atoms with Crippen LogP contribution in [-0.2, 0) is 22.6 Å². The number of amides is 3. The van der Waals surface area contributed by atoms with Crippen LogP contribution in [0.5, 0.6) is 5.75 Å². The molecule has 0 bridgehead atoms. The lowest BCUT2D eigenvalue weighted by Crippen LogP contribution is -2.45. The molecule has 4 rings (SSSR count). The number of rotatable bonds is 12. The molecule has 1 aliphatic heterocycles. The second kappa shape index (κ2) is 14.3. The maximum Gasteiger partial charge on any atom is 0.322 e. The number of carbonyl (C=O) groups is 2. The molecule has 1 saturated heterocycles. The first kappa shape index (κ1) is 28.1. The van der Waals surface area contributed by atoms with Crippen LogP contribution in [0.3, 0.4) is 0 Å². The van der Waals surface area contributed by atoms with Crippen LogP contribution in [0, 0.1) is 5.82 Å². The molecule has 0 spiro atoms. The fourth-order valence-corrected chi connectivity index (χ4v) is 4.36. The van der Waals surface area contributed by atoms with Crippen molar-refractivity contribution in [2.45, 2.75) is 19.5 Å². The Hall–Kier alpha value is -3.89. The molecule has 0 atom stereocenters. The molecule has 1 fully saturated rings. The van der Waals surface area contributed by atoms with Crippen molar-refractivity contribution in [3.8, 4) is 5.75 Å². The third kappa shape index (κ3) is 8.83. The minimum atomic E-state index is -0.377. The summed E-state index contributed by atoms with van der Waals surface area (Å²) in [5.74, 6) is 0.642. The van der Waals surface area contributed by atoms with Gasteiger partial charge in [0.2, 0.25) is 5.91 Å². The first-order valence-corrected chi connectivity index (χ1v) is 13.0. The van der Waals surface area contributed by atoms with Gasteiger partial charge in [-0.2, -0.15) is 0 Å². The van der Waals surface area contributed by atoms with E-state index in [0.717, 1.165) is 25.2 Å². The summed E-state index contributed by atoms with van der Waals surface area (Å²) in [7, 11) is 1.56. The van der Waals surface area contributed by atoms with Crippen molar-refractivity contribution in [3.63, 3.8) is 0 Å². The van der Waals surface area contributed by atoms with E-state index < -0.39 is 0 Å². The van der Waals surface area contributed by atoms with Crippen LogP contribution in [0.1, 0.15) is 17.7 Å². The highest BCUT2D eigenvalue weighted by Crippen LogP contribution is 2.18. The summed E-state index contributed by atoms with van der Waals surface area (Å²) in [6.45, 7) is 4.64. The molecule has 0 saturated carbocycles. The molecule has 208 valence electrons. The zero-order chi connectivity index (χ0) is 27.5. The number of nitrogens with zero attached hydrogens (tertiary/aromatic N) is 3. The Morgan fingerprint density at radius 2 is 1.82 bits per heavy atom. The maximum absolute atomic E-state index is 13.6. The zero-order valence-electron chi connectivity index (χ0n) is 22.2. The number of morpholine rings is 1. The van der Waals surface area contributed by atoms with E-state index in [9.17, 15) is 14.0 Å². The SMILES string of the molecule is COc1cccc(NC(=O)N(CCCN2CCOCC2)CC(=O)N(Cc2ccc(F)cc2)Cc2ccco2)c1. The number of benzene rings is 2. The third-order valence-electron chi connectivity index (χ3n) is 6.51. The van der Waals surface area contributed by atoms with Gasteiger partial charge in [0.25, 0.3) is 0 Å². The fraction of sp³-hybridized carbons (Fsp3) is 0.379. The van der Waals surface area contributed by atoms with Crippen LogP contribution in [0.15, 0.2) is 71.3 Å². The van der Waals surface area contributed by atoms with Gasteiger partial charge in [-0.25, -0.2) is 9.18 Å². The number of halogens is 1. The van der Waals surface area contributed by atoms with Crippen molar-refractivity contribution in [2.24, 2.45) is 0 Å². The standard InChI is InChI=1S/C29H35FN4O5/c1-37-26-6-2-5-25(19-26)31-29(36)33(13-4-12-32-14-17-38-18-15-32)22-28(35)34(21-27-7-3-16-39-27)20-23-8-10-24(30)11-9-23/h2-3,5-11,16,19H,4,12-15,17-18,20-22H2,1H3,(H,31,36). The van der Waals surface area contributed by atoms with Crippen LogP contribution in [-0.4, -0.2) is 79.7 Å². The smallest absolute Gasteiger partial charge is 0.322 e. The number of furan rings is 1. The van der Waals surface area contributed by atoms with Crippen molar-refractivity contribution in [1.82, 2.24) is 14.7 Å². The van der Waals surface area contributed by atoms with Gasteiger partial charge >= 0.3 is 6.03 Å². The molecule has 0 unspecified atom stereocenters. The molecule has 39 heavy (non-hydrogen) atoms. The van der Waals surface area contributed by atoms with Crippen LogP contribution in [0.25, 0.3) is 0 Å². The molecular formula is C29H35FN4O5.